The van der Waals surface area contributed by atoms with Crippen molar-refractivity contribution in [3.8, 4) is 5.75 Å². The zero-order valence-electron chi connectivity index (χ0n) is 11.1. The van der Waals surface area contributed by atoms with Gasteiger partial charge in [-0.25, -0.2) is 0 Å². The van der Waals surface area contributed by atoms with E-state index in [1.54, 1.807) is 18.3 Å². The van der Waals surface area contributed by atoms with Gasteiger partial charge in [-0.15, -0.1) is 0 Å². The highest BCUT2D eigenvalue weighted by Gasteiger charge is 2.21. The Hall–Kier alpha value is -2.36. The molecule has 0 atom stereocenters. The first-order chi connectivity index (χ1) is 9.72. The summed E-state index contributed by atoms with van der Waals surface area (Å²) in [4.78, 5) is 18.3. The van der Waals surface area contributed by atoms with E-state index in [4.69, 9.17) is 0 Å². The normalized spacial score (nSPS) is 13.9. The molecule has 0 spiro atoms. The van der Waals surface area contributed by atoms with Gasteiger partial charge in [0.15, 0.2) is 0 Å². The number of carbonyl (C=O) groups excluding carboxylic acids is 1. The van der Waals surface area contributed by atoms with Gasteiger partial charge in [0.2, 0.25) is 5.91 Å². The Labute approximate surface area is 117 Å². The second-order valence-corrected chi connectivity index (χ2v) is 5.02. The summed E-state index contributed by atoms with van der Waals surface area (Å²) in [6, 6.07) is 11.0. The van der Waals surface area contributed by atoms with Crippen LogP contribution in [0.2, 0.25) is 0 Å². The molecule has 0 saturated carbocycles. The molecule has 1 aromatic heterocycles. The van der Waals surface area contributed by atoms with Gasteiger partial charge in [0.25, 0.3) is 0 Å². The van der Waals surface area contributed by atoms with E-state index in [-0.39, 0.29) is 11.7 Å². The number of amides is 1. The van der Waals surface area contributed by atoms with E-state index < -0.39 is 0 Å². The highest BCUT2D eigenvalue weighted by molar-refractivity contribution is 5.78. The predicted octanol–water partition coefficient (Wildman–Crippen LogP) is 1.91. The zero-order valence-corrected chi connectivity index (χ0v) is 11.1. The Balaban J connectivity index is 1.72. The first kappa shape index (κ1) is 12.7. The topological polar surface area (TPSA) is 53.4 Å². The van der Waals surface area contributed by atoms with Crippen molar-refractivity contribution in [2.45, 2.75) is 19.4 Å². The molecule has 0 saturated heterocycles. The molecule has 1 aliphatic heterocycles. The fourth-order valence-corrected chi connectivity index (χ4v) is 2.53. The Morgan fingerprint density at radius 1 is 1.25 bits per heavy atom. The van der Waals surface area contributed by atoms with Gasteiger partial charge in [-0.3, -0.25) is 9.78 Å². The molecule has 4 nitrogen and oxygen atoms in total. The van der Waals surface area contributed by atoms with Crippen LogP contribution >= 0.6 is 0 Å². The Morgan fingerprint density at radius 2 is 2.15 bits per heavy atom. The van der Waals surface area contributed by atoms with Gasteiger partial charge in [-0.05, 0) is 41.8 Å². The molecule has 2 heterocycles. The molecule has 1 amide bonds. The molecule has 20 heavy (non-hydrogen) atoms. The molecule has 102 valence electrons. The standard InChI is InChI=1S/C16H16N2O2/c19-15-5-4-12-6-8-18(11-13(12)9-15)16(20)10-14-3-1-2-7-17-14/h1-5,7,9,19H,6,8,10-11H2. The third-order valence-corrected chi connectivity index (χ3v) is 3.61. The molecule has 4 heteroatoms. The Morgan fingerprint density at radius 3 is 2.95 bits per heavy atom. The van der Waals surface area contributed by atoms with E-state index in [9.17, 15) is 9.90 Å². The SMILES string of the molecule is O=C(Cc1ccccn1)N1CCc2ccc(O)cc2C1. The first-order valence-corrected chi connectivity index (χ1v) is 6.71. The van der Waals surface area contributed by atoms with Crippen molar-refractivity contribution in [1.29, 1.82) is 0 Å². The number of fused-ring (bicyclic) bond motifs is 1. The zero-order chi connectivity index (χ0) is 13.9. The summed E-state index contributed by atoms with van der Waals surface area (Å²) in [6.45, 7) is 1.29. The van der Waals surface area contributed by atoms with Crippen molar-refractivity contribution in [2.24, 2.45) is 0 Å². The summed E-state index contributed by atoms with van der Waals surface area (Å²) in [5, 5.41) is 9.53. The van der Waals surface area contributed by atoms with Crippen LogP contribution in [0, 0.1) is 0 Å². The number of carbonyl (C=O) groups is 1. The number of phenolic OH excluding ortho intramolecular Hbond substituents is 1. The quantitative estimate of drug-likeness (QED) is 0.905. The van der Waals surface area contributed by atoms with Crippen LogP contribution in [-0.4, -0.2) is 27.4 Å². The van der Waals surface area contributed by atoms with Gasteiger partial charge in [0, 0.05) is 25.0 Å². The van der Waals surface area contributed by atoms with Crippen LogP contribution in [0.1, 0.15) is 16.8 Å². The van der Waals surface area contributed by atoms with Crippen LogP contribution in [-0.2, 0) is 24.2 Å². The molecule has 1 aliphatic rings. The summed E-state index contributed by atoms with van der Waals surface area (Å²) in [5.74, 6) is 0.334. The average molecular weight is 268 g/mol. The fourth-order valence-electron chi connectivity index (χ4n) is 2.53. The van der Waals surface area contributed by atoms with Crippen molar-refractivity contribution in [3.05, 3.63) is 59.4 Å². The average Bonchev–Trinajstić information content (AvgIpc) is 2.47. The number of hydrogen-bond acceptors (Lipinski definition) is 3. The first-order valence-electron chi connectivity index (χ1n) is 6.71. The van der Waals surface area contributed by atoms with Crippen LogP contribution in [0.5, 0.6) is 5.75 Å². The highest BCUT2D eigenvalue weighted by Crippen LogP contribution is 2.23. The molecular formula is C16H16N2O2. The summed E-state index contributed by atoms with van der Waals surface area (Å²) in [5.41, 5.74) is 3.04. The maximum atomic E-state index is 12.3. The fraction of sp³-hybridized carbons (Fsp3) is 0.250. The maximum absolute atomic E-state index is 12.3. The molecule has 2 aromatic rings. The van der Waals surface area contributed by atoms with E-state index in [0.29, 0.717) is 13.0 Å². The summed E-state index contributed by atoms with van der Waals surface area (Å²) in [6.07, 6.45) is 2.87. The molecule has 0 bridgehead atoms. The number of hydrogen-bond donors (Lipinski definition) is 1. The molecule has 1 aromatic carbocycles. The molecular weight excluding hydrogens is 252 g/mol. The number of aromatic hydroxyl groups is 1. The second-order valence-electron chi connectivity index (χ2n) is 5.02. The number of nitrogens with zero attached hydrogens (tertiary/aromatic N) is 2. The van der Waals surface area contributed by atoms with Crippen LogP contribution in [0.3, 0.4) is 0 Å². The Kier molecular flexibility index (Phi) is 3.37. The number of pyridine rings is 1. The van der Waals surface area contributed by atoms with Crippen LogP contribution in [0.25, 0.3) is 0 Å². The van der Waals surface area contributed by atoms with E-state index in [1.807, 2.05) is 29.2 Å². The maximum Gasteiger partial charge on any atom is 0.228 e. The van der Waals surface area contributed by atoms with Gasteiger partial charge in [0.1, 0.15) is 5.75 Å². The van der Waals surface area contributed by atoms with E-state index in [0.717, 1.165) is 24.2 Å². The van der Waals surface area contributed by atoms with Gasteiger partial charge in [-0.2, -0.15) is 0 Å². The smallest absolute Gasteiger partial charge is 0.228 e. The number of benzene rings is 1. The van der Waals surface area contributed by atoms with Crippen molar-refractivity contribution in [1.82, 2.24) is 9.88 Å². The highest BCUT2D eigenvalue weighted by atomic mass is 16.3. The summed E-state index contributed by atoms with van der Waals surface area (Å²) < 4.78 is 0. The van der Waals surface area contributed by atoms with Crippen LogP contribution in [0.15, 0.2) is 42.6 Å². The van der Waals surface area contributed by atoms with Crippen molar-refractivity contribution < 1.29 is 9.90 Å². The number of aromatic nitrogens is 1. The summed E-state index contributed by atoms with van der Waals surface area (Å²) >= 11 is 0. The predicted molar refractivity (Wildman–Crippen MR) is 75.2 cm³/mol. The van der Waals surface area contributed by atoms with Crippen molar-refractivity contribution in [3.63, 3.8) is 0 Å². The van der Waals surface area contributed by atoms with Crippen LogP contribution in [0.4, 0.5) is 0 Å². The molecule has 0 fully saturated rings. The van der Waals surface area contributed by atoms with Gasteiger partial charge in [0.05, 0.1) is 6.42 Å². The molecule has 3 rings (SSSR count). The minimum atomic E-state index is 0.0812. The van der Waals surface area contributed by atoms with E-state index in [2.05, 4.69) is 4.98 Å². The lowest BCUT2D eigenvalue weighted by Gasteiger charge is -2.29. The van der Waals surface area contributed by atoms with Gasteiger partial charge in [-0.1, -0.05) is 12.1 Å². The van der Waals surface area contributed by atoms with Crippen LogP contribution < -0.4 is 0 Å². The van der Waals surface area contributed by atoms with Gasteiger partial charge < -0.3 is 10.0 Å². The monoisotopic (exact) mass is 268 g/mol. The van der Waals surface area contributed by atoms with E-state index >= 15 is 0 Å². The minimum Gasteiger partial charge on any atom is -0.508 e. The lowest BCUT2D eigenvalue weighted by atomic mass is 9.99. The van der Waals surface area contributed by atoms with Gasteiger partial charge >= 0.3 is 0 Å². The third-order valence-electron chi connectivity index (χ3n) is 3.61. The Bertz CT molecular complexity index is 626. The lowest BCUT2D eigenvalue weighted by molar-refractivity contribution is -0.131. The second kappa shape index (κ2) is 5.33. The van der Waals surface area contributed by atoms with Crippen molar-refractivity contribution >= 4 is 5.91 Å². The molecule has 0 radical (unpaired) electrons. The molecule has 1 N–H and O–H groups in total. The third kappa shape index (κ3) is 2.64. The molecule has 0 aliphatic carbocycles. The number of rotatable bonds is 2. The lowest BCUT2D eigenvalue weighted by Crippen LogP contribution is -2.37. The minimum absolute atomic E-state index is 0.0812. The van der Waals surface area contributed by atoms with E-state index in [1.165, 1.54) is 5.56 Å². The summed E-state index contributed by atoms with van der Waals surface area (Å²) in [7, 11) is 0. The molecule has 0 unspecified atom stereocenters. The van der Waals surface area contributed by atoms with Crippen molar-refractivity contribution in [2.75, 3.05) is 6.54 Å². The largest absolute Gasteiger partial charge is 0.508 e. The number of phenols is 1.